The number of aryl methyl sites for hydroxylation is 1. The van der Waals surface area contributed by atoms with Gasteiger partial charge in [0.05, 0.1) is 12.8 Å². The smallest absolute Gasteiger partial charge is 0.360 e. The molecule has 104 valence electrons. The summed E-state index contributed by atoms with van der Waals surface area (Å²) >= 11 is 3.30. The largest absolute Gasteiger partial charge is 0.464 e. The highest BCUT2D eigenvalue weighted by Gasteiger charge is 2.18. The van der Waals surface area contributed by atoms with Crippen molar-refractivity contribution in [2.45, 2.75) is 0 Å². The van der Waals surface area contributed by atoms with Gasteiger partial charge in [0.25, 0.3) is 5.91 Å². The van der Waals surface area contributed by atoms with E-state index in [1.54, 1.807) is 37.5 Å². The fourth-order valence-corrected chi connectivity index (χ4v) is 1.89. The molecule has 0 saturated heterocycles. The molecule has 0 aliphatic rings. The Kier molecular flexibility index (Phi) is 4.19. The molecule has 7 heteroatoms. The van der Waals surface area contributed by atoms with E-state index in [1.807, 2.05) is 0 Å². The summed E-state index contributed by atoms with van der Waals surface area (Å²) in [4.78, 5) is 23.6. The summed E-state index contributed by atoms with van der Waals surface area (Å²) in [5.41, 5.74) is 0.862. The molecule has 1 aromatic carbocycles. The molecule has 6 nitrogen and oxygen atoms in total. The molecule has 20 heavy (non-hydrogen) atoms. The third-order valence-corrected chi connectivity index (χ3v) is 3.09. The Morgan fingerprint density at radius 3 is 2.55 bits per heavy atom. The fraction of sp³-hybridized carbons (Fsp3) is 0.154. The van der Waals surface area contributed by atoms with Crippen LogP contribution in [0, 0.1) is 0 Å². The second-order valence-electron chi connectivity index (χ2n) is 4.02. The number of ether oxygens (including phenoxy) is 1. The zero-order valence-electron chi connectivity index (χ0n) is 10.9. The van der Waals surface area contributed by atoms with Gasteiger partial charge in [-0.3, -0.25) is 9.48 Å². The Balaban J connectivity index is 2.23. The van der Waals surface area contributed by atoms with E-state index in [2.05, 4.69) is 31.1 Å². The van der Waals surface area contributed by atoms with Crippen LogP contribution in [0.3, 0.4) is 0 Å². The maximum Gasteiger partial charge on any atom is 0.360 e. The standard InChI is InChI=1S/C13H12BrN3O3/c1-17-7-10(11(16-17)13(19)20-2)15-12(18)8-3-5-9(14)6-4-8/h3-7H,1-2H3,(H,15,18). The molecule has 1 aromatic heterocycles. The highest BCUT2D eigenvalue weighted by Crippen LogP contribution is 2.16. The number of halogens is 1. The maximum absolute atomic E-state index is 12.1. The van der Waals surface area contributed by atoms with Crippen molar-refractivity contribution < 1.29 is 14.3 Å². The molecule has 0 spiro atoms. The van der Waals surface area contributed by atoms with E-state index in [-0.39, 0.29) is 11.6 Å². The number of hydrogen-bond acceptors (Lipinski definition) is 4. The van der Waals surface area contributed by atoms with E-state index in [9.17, 15) is 9.59 Å². The van der Waals surface area contributed by atoms with Gasteiger partial charge in [0, 0.05) is 23.3 Å². The molecule has 2 rings (SSSR count). The van der Waals surface area contributed by atoms with Crippen LogP contribution in [0.25, 0.3) is 0 Å². The van der Waals surface area contributed by atoms with E-state index in [4.69, 9.17) is 0 Å². The summed E-state index contributed by atoms with van der Waals surface area (Å²) in [6.07, 6.45) is 1.54. The molecule has 0 saturated carbocycles. The van der Waals surface area contributed by atoms with Crippen LogP contribution in [0.5, 0.6) is 0 Å². The number of rotatable bonds is 3. The number of benzene rings is 1. The Hall–Kier alpha value is -2.15. The third-order valence-electron chi connectivity index (χ3n) is 2.56. The van der Waals surface area contributed by atoms with Gasteiger partial charge in [0.1, 0.15) is 0 Å². The molecule has 0 unspecified atom stereocenters. The van der Waals surface area contributed by atoms with Crippen LogP contribution in [0.2, 0.25) is 0 Å². The minimum atomic E-state index is -0.600. The lowest BCUT2D eigenvalue weighted by molar-refractivity contribution is 0.0594. The molecule has 0 aliphatic carbocycles. The molecule has 0 aliphatic heterocycles. The number of nitrogens with zero attached hydrogens (tertiary/aromatic N) is 2. The van der Waals surface area contributed by atoms with Gasteiger partial charge in [0.2, 0.25) is 0 Å². The summed E-state index contributed by atoms with van der Waals surface area (Å²) < 4.78 is 6.94. The lowest BCUT2D eigenvalue weighted by Gasteiger charge is -2.04. The lowest BCUT2D eigenvalue weighted by Crippen LogP contribution is -2.14. The summed E-state index contributed by atoms with van der Waals surface area (Å²) in [7, 11) is 2.92. The van der Waals surface area contributed by atoms with E-state index < -0.39 is 5.97 Å². The first-order valence-corrected chi connectivity index (χ1v) is 6.49. The number of hydrogen-bond donors (Lipinski definition) is 1. The minimum Gasteiger partial charge on any atom is -0.464 e. The van der Waals surface area contributed by atoms with E-state index in [1.165, 1.54) is 11.8 Å². The van der Waals surface area contributed by atoms with Crippen molar-refractivity contribution in [2.75, 3.05) is 12.4 Å². The Morgan fingerprint density at radius 2 is 1.95 bits per heavy atom. The van der Waals surface area contributed by atoms with Crippen molar-refractivity contribution in [2.24, 2.45) is 7.05 Å². The third kappa shape index (κ3) is 3.05. The number of aromatic nitrogens is 2. The predicted octanol–water partition coefficient (Wildman–Crippen LogP) is 2.22. The molecular formula is C13H12BrN3O3. The first kappa shape index (κ1) is 14.3. The van der Waals surface area contributed by atoms with Gasteiger partial charge in [-0.25, -0.2) is 4.79 Å². The van der Waals surface area contributed by atoms with Crippen molar-refractivity contribution >= 4 is 33.5 Å². The molecule has 2 aromatic rings. The summed E-state index contributed by atoms with van der Waals surface area (Å²) in [6.45, 7) is 0. The number of amides is 1. The van der Waals surface area contributed by atoms with Crippen LogP contribution in [-0.2, 0) is 11.8 Å². The van der Waals surface area contributed by atoms with Crippen LogP contribution in [0.4, 0.5) is 5.69 Å². The molecule has 0 fully saturated rings. The van der Waals surface area contributed by atoms with Crippen LogP contribution < -0.4 is 5.32 Å². The highest BCUT2D eigenvalue weighted by molar-refractivity contribution is 9.10. The van der Waals surface area contributed by atoms with Crippen molar-refractivity contribution in [3.05, 3.63) is 46.2 Å². The van der Waals surface area contributed by atoms with Gasteiger partial charge in [0.15, 0.2) is 5.69 Å². The fourth-order valence-electron chi connectivity index (χ4n) is 1.62. The summed E-state index contributed by atoms with van der Waals surface area (Å²) in [6, 6.07) is 6.87. The number of methoxy groups -OCH3 is 1. The SMILES string of the molecule is COC(=O)c1nn(C)cc1NC(=O)c1ccc(Br)cc1. The Bertz CT molecular complexity index is 649. The van der Waals surface area contributed by atoms with Crippen molar-refractivity contribution in [1.82, 2.24) is 9.78 Å². The van der Waals surface area contributed by atoms with E-state index >= 15 is 0 Å². The Labute approximate surface area is 123 Å². The van der Waals surface area contributed by atoms with Crippen LogP contribution in [-0.4, -0.2) is 28.8 Å². The number of esters is 1. The van der Waals surface area contributed by atoms with Gasteiger partial charge in [-0.15, -0.1) is 0 Å². The number of nitrogens with one attached hydrogen (secondary N) is 1. The molecular weight excluding hydrogens is 326 g/mol. The van der Waals surface area contributed by atoms with Gasteiger partial charge in [-0.1, -0.05) is 15.9 Å². The summed E-state index contributed by atoms with van der Waals surface area (Å²) in [5, 5.41) is 6.61. The quantitative estimate of drug-likeness (QED) is 0.871. The minimum absolute atomic E-state index is 0.0699. The first-order valence-electron chi connectivity index (χ1n) is 5.70. The van der Waals surface area contributed by atoms with Crippen LogP contribution >= 0.6 is 15.9 Å². The van der Waals surface area contributed by atoms with Crippen LogP contribution in [0.15, 0.2) is 34.9 Å². The van der Waals surface area contributed by atoms with Gasteiger partial charge in [-0.05, 0) is 24.3 Å². The second-order valence-corrected chi connectivity index (χ2v) is 4.93. The molecule has 1 N–H and O–H groups in total. The summed E-state index contributed by atoms with van der Waals surface area (Å²) in [5.74, 6) is -0.924. The average molecular weight is 338 g/mol. The van der Waals surface area contributed by atoms with E-state index in [0.717, 1.165) is 4.47 Å². The van der Waals surface area contributed by atoms with Crippen LogP contribution in [0.1, 0.15) is 20.8 Å². The first-order chi connectivity index (χ1) is 9.51. The normalized spacial score (nSPS) is 10.2. The van der Waals surface area contributed by atoms with E-state index in [0.29, 0.717) is 11.3 Å². The average Bonchev–Trinajstić information content (AvgIpc) is 2.79. The topological polar surface area (TPSA) is 73.2 Å². The number of carbonyl (C=O) groups is 2. The zero-order valence-corrected chi connectivity index (χ0v) is 12.5. The molecule has 1 heterocycles. The number of carbonyl (C=O) groups excluding carboxylic acids is 2. The van der Waals surface area contributed by atoms with Gasteiger partial charge >= 0.3 is 5.97 Å². The monoisotopic (exact) mass is 337 g/mol. The van der Waals surface area contributed by atoms with Crippen molar-refractivity contribution in [3.63, 3.8) is 0 Å². The molecule has 0 bridgehead atoms. The molecule has 0 atom stereocenters. The maximum atomic E-state index is 12.1. The van der Waals surface area contributed by atoms with Crippen molar-refractivity contribution in [3.8, 4) is 0 Å². The predicted molar refractivity (Wildman–Crippen MR) is 76.6 cm³/mol. The van der Waals surface area contributed by atoms with Gasteiger partial charge < -0.3 is 10.1 Å². The second kappa shape index (κ2) is 5.87. The van der Waals surface area contributed by atoms with Crippen molar-refractivity contribution in [1.29, 1.82) is 0 Å². The molecule has 0 radical (unpaired) electrons. The zero-order chi connectivity index (χ0) is 14.7. The Morgan fingerprint density at radius 1 is 1.30 bits per heavy atom. The highest BCUT2D eigenvalue weighted by atomic mass is 79.9. The van der Waals surface area contributed by atoms with Gasteiger partial charge in [-0.2, -0.15) is 5.10 Å². The molecule has 1 amide bonds. The lowest BCUT2D eigenvalue weighted by atomic mass is 10.2. The number of anilines is 1.